The fourth-order valence-corrected chi connectivity index (χ4v) is 3.24. The molecule has 27 heavy (non-hydrogen) atoms. The molecule has 1 fully saturated rings. The van der Waals surface area contributed by atoms with Gasteiger partial charge in [0.2, 0.25) is 5.82 Å². The molecule has 2 rings (SSSR count). The molecule has 0 aliphatic carbocycles. The van der Waals surface area contributed by atoms with Gasteiger partial charge in [-0.1, -0.05) is 19.3 Å². The van der Waals surface area contributed by atoms with Crippen LogP contribution < -0.4 is 11.2 Å². The standard InChI is InChI=1S/C19H31FN2O5/c1-19(2,27-14-25-3)10-6-4-5-7-11-21-17(23)15(20)13-22(18(21)24)16-9-8-12-26-16/h13,16H,4-12,14H2,1-3H3. The van der Waals surface area contributed by atoms with E-state index in [1.54, 1.807) is 7.11 Å². The zero-order valence-corrected chi connectivity index (χ0v) is 16.5. The molecule has 0 N–H and O–H groups in total. The van der Waals surface area contributed by atoms with Crippen LogP contribution in [0.1, 0.15) is 65.0 Å². The molecule has 0 aromatic carbocycles. The Labute approximate surface area is 159 Å². The van der Waals surface area contributed by atoms with Crippen molar-refractivity contribution in [1.82, 2.24) is 9.13 Å². The average molecular weight is 386 g/mol. The molecule has 1 saturated heterocycles. The molecular formula is C19H31FN2O5. The molecule has 1 aliphatic rings. The monoisotopic (exact) mass is 386 g/mol. The summed E-state index contributed by atoms with van der Waals surface area (Å²) in [5.41, 5.74) is -1.60. The molecule has 8 heteroatoms. The quantitative estimate of drug-likeness (QED) is 0.432. The maximum absolute atomic E-state index is 14.0. The number of unbranched alkanes of at least 4 members (excludes halogenated alkanes) is 3. The van der Waals surface area contributed by atoms with Crippen molar-refractivity contribution in [2.24, 2.45) is 0 Å². The van der Waals surface area contributed by atoms with E-state index in [9.17, 15) is 14.0 Å². The lowest BCUT2D eigenvalue weighted by molar-refractivity contribution is -0.117. The Morgan fingerprint density at radius 1 is 1.26 bits per heavy atom. The van der Waals surface area contributed by atoms with Crippen molar-refractivity contribution in [2.75, 3.05) is 20.5 Å². The fraction of sp³-hybridized carbons (Fsp3) is 0.789. The molecule has 154 valence electrons. The van der Waals surface area contributed by atoms with Crippen molar-refractivity contribution in [1.29, 1.82) is 0 Å². The number of ether oxygens (including phenoxy) is 3. The first-order chi connectivity index (χ1) is 12.9. The lowest BCUT2D eigenvalue weighted by Crippen LogP contribution is -2.42. The predicted octanol–water partition coefficient (Wildman–Crippen LogP) is 2.81. The molecule has 1 aliphatic heterocycles. The molecule has 1 atom stereocenters. The molecule has 0 saturated carbocycles. The molecule has 0 amide bonds. The van der Waals surface area contributed by atoms with Crippen molar-refractivity contribution < 1.29 is 18.6 Å². The van der Waals surface area contributed by atoms with E-state index < -0.39 is 23.3 Å². The van der Waals surface area contributed by atoms with Crippen molar-refractivity contribution in [2.45, 2.75) is 77.2 Å². The summed E-state index contributed by atoms with van der Waals surface area (Å²) < 4.78 is 32.1. The van der Waals surface area contributed by atoms with Crippen LogP contribution in [0.3, 0.4) is 0 Å². The van der Waals surface area contributed by atoms with Crippen LogP contribution in [0.2, 0.25) is 0 Å². The number of halogens is 1. The molecule has 0 bridgehead atoms. The summed E-state index contributed by atoms with van der Waals surface area (Å²) >= 11 is 0. The zero-order chi connectivity index (χ0) is 19.9. The van der Waals surface area contributed by atoms with Crippen LogP contribution in [0.5, 0.6) is 0 Å². The molecule has 2 heterocycles. The third-order valence-corrected chi connectivity index (χ3v) is 4.85. The molecule has 7 nitrogen and oxygen atoms in total. The topological polar surface area (TPSA) is 71.7 Å². The van der Waals surface area contributed by atoms with E-state index in [1.807, 2.05) is 13.8 Å². The second kappa shape index (κ2) is 10.1. The van der Waals surface area contributed by atoms with Gasteiger partial charge in [0, 0.05) is 20.3 Å². The van der Waals surface area contributed by atoms with Gasteiger partial charge in [-0.25, -0.2) is 4.79 Å². The molecule has 0 radical (unpaired) electrons. The number of aromatic nitrogens is 2. The van der Waals surface area contributed by atoms with Gasteiger partial charge in [-0.3, -0.25) is 13.9 Å². The van der Waals surface area contributed by atoms with Gasteiger partial charge < -0.3 is 14.2 Å². The first kappa shape index (κ1) is 21.8. The van der Waals surface area contributed by atoms with Crippen molar-refractivity contribution in [3.8, 4) is 0 Å². The Morgan fingerprint density at radius 3 is 2.67 bits per heavy atom. The van der Waals surface area contributed by atoms with Gasteiger partial charge in [0.25, 0.3) is 5.56 Å². The second-order valence-electron chi connectivity index (χ2n) is 7.57. The fourth-order valence-electron chi connectivity index (χ4n) is 3.24. The molecule has 0 spiro atoms. The highest BCUT2D eigenvalue weighted by atomic mass is 19.1. The minimum absolute atomic E-state index is 0.214. The summed E-state index contributed by atoms with van der Waals surface area (Å²) in [5.74, 6) is -0.915. The normalized spacial score (nSPS) is 17.6. The van der Waals surface area contributed by atoms with Gasteiger partial charge in [0.15, 0.2) is 0 Å². The van der Waals surface area contributed by atoms with Gasteiger partial charge >= 0.3 is 5.69 Å². The van der Waals surface area contributed by atoms with Crippen LogP contribution >= 0.6 is 0 Å². The largest absolute Gasteiger partial charge is 0.359 e. The van der Waals surface area contributed by atoms with E-state index in [0.717, 1.165) is 42.9 Å². The summed E-state index contributed by atoms with van der Waals surface area (Å²) in [6.07, 6.45) is 6.26. The molecule has 1 aromatic heterocycles. The predicted molar refractivity (Wildman–Crippen MR) is 99.3 cm³/mol. The van der Waals surface area contributed by atoms with Gasteiger partial charge in [-0.15, -0.1) is 0 Å². The zero-order valence-electron chi connectivity index (χ0n) is 16.5. The van der Waals surface area contributed by atoms with Gasteiger partial charge in [-0.05, 0) is 39.5 Å². The van der Waals surface area contributed by atoms with Crippen LogP contribution in [-0.4, -0.2) is 35.2 Å². The van der Waals surface area contributed by atoms with Crippen LogP contribution in [-0.2, 0) is 20.8 Å². The summed E-state index contributed by atoms with van der Waals surface area (Å²) in [5, 5.41) is 0. The van der Waals surface area contributed by atoms with E-state index in [2.05, 4.69) is 0 Å². The van der Waals surface area contributed by atoms with E-state index in [1.165, 1.54) is 4.57 Å². The summed E-state index contributed by atoms with van der Waals surface area (Å²) in [6.45, 7) is 5.07. The second-order valence-corrected chi connectivity index (χ2v) is 7.57. The van der Waals surface area contributed by atoms with Gasteiger partial charge in [0.1, 0.15) is 13.0 Å². The Bertz CT molecular complexity index is 707. The van der Waals surface area contributed by atoms with Crippen LogP contribution in [0.4, 0.5) is 4.39 Å². The van der Waals surface area contributed by atoms with Crippen molar-refractivity contribution in [3.63, 3.8) is 0 Å². The number of methoxy groups -OCH3 is 1. The highest BCUT2D eigenvalue weighted by Gasteiger charge is 2.22. The third-order valence-electron chi connectivity index (χ3n) is 4.85. The molecular weight excluding hydrogens is 355 g/mol. The smallest absolute Gasteiger partial charge is 0.333 e. The Balaban J connectivity index is 1.85. The van der Waals surface area contributed by atoms with E-state index in [-0.39, 0.29) is 18.9 Å². The first-order valence-corrected chi connectivity index (χ1v) is 9.62. The summed E-state index contributed by atoms with van der Waals surface area (Å²) in [4.78, 5) is 24.5. The van der Waals surface area contributed by atoms with Gasteiger partial charge in [0.05, 0.1) is 11.8 Å². The maximum Gasteiger partial charge on any atom is 0.333 e. The van der Waals surface area contributed by atoms with Crippen LogP contribution in [0.25, 0.3) is 0 Å². The van der Waals surface area contributed by atoms with E-state index in [4.69, 9.17) is 14.2 Å². The number of hydrogen-bond acceptors (Lipinski definition) is 5. The Kier molecular flexibility index (Phi) is 8.19. The SMILES string of the molecule is COCOC(C)(C)CCCCCCn1c(=O)c(F)cn(C2CCCO2)c1=O. The third kappa shape index (κ3) is 6.26. The first-order valence-electron chi connectivity index (χ1n) is 9.62. The summed E-state index contributed by atoms with van der Waals surface area (Å²) in [7, 11) is 1.59. The Morgan fingerprint density at radius 2 is 2.00 bits per heavy atom. The minimum Gasteiger partial charge on any atom is -0.359 e. The molecule has 1 unspecified atom stereocenters. The van der Waals surface area contributed by atoms with Crippen LogP contribution in [0, 0.1) is 5.82 Å². The van der Waals surface area contributed by atoms with Crippen molar-refractivity contribution >= 4 is 0 Å². The van der Waals surface area contributed by atoms with E-state index in [0.29, 0.717) is 19.4 Å². The molecule has 1 aromatic rings. The minimum atomic E-state index is -0.915. The highest BCUT2D eigenvalue weighted by molar-refractivity contribution is 4.92. The van der Waals surface area contributed by atoms with Crippen LogP contribution in [0.15, 0.2) is 15.8 Å². The summed E-state index contributed by atoms with van der Waals surface area (Å²) in [6, 6.07) is 0. The lowest BCUT2D eigenvalue weighted by Gasteiger charge is -2.24. The van der Waals surface area contributed by atoms with Gasteiger partial charge in [-0.2, -0.15) is 4.39 Å². The van der Waals surface area contributed by atoms with Crippen molar-refractivity contribution in [3.05, 3.63) is 32.9 Å². The highest BCUT2D eigenvalue weighted by Crippen LogP contribution is 2.21. The average Bonchev–Trinajstić information content (AvgIpc) is 3.16. The Hall–Kier alpha value is -1.51. The number of nitrogens with zero attached hydrogens (tertiary/aromatic N) is 2. The lowest BCUT2D eigenvalue weighted by atomic mass is 10.00. The number of rotatable bonds is 11. The number of hydrogen-bond donors (Lipinski definition) is 0. The van der Waals surface area contributed by atoms with E-state index >= 15 is 0 Å². The maximum atomic E-state index is 14.0.